The van der Waals surface area contributed by atoms with Crippen molar-refractivity contribution >= 4 is 17.7 Å². The van der Waals surface area contributed by atoms with Gasteiger partial charge in [-0.25, -0.2) is 9.59 Å². The molecule has 2 N–H and O–H groups in total. The molecule has 0 aromatic heterocycles. The molecule has 1 atom stereocenters. The fourth-order valence-electron chi connectivity index (χ4n) is 2.11. The van der Waals surface area contributed by atoms with Crippen LogP contribution in [0.2, 0.25) is 0 Å². The second-order valence-electron chi connectivity index (χ2n) is 4.28. The molecule has 0 saturated heterocycles. The van der Waals surface area contributed by atoms with Gasteiger partial charge < -0.3 is 10.4 Å². The number of rotatable bonds is 3. The summed E-state index contributed by atoms with van der Waals surface area (Å²) in [6, 6.07) is 6.51. The molecule has 1 aliphatic rings. The fraction of sp³-hybridized carbons (Fsp3) is 0.385. The Morgan fingerprint density at radius 2 is 2.17 bits per heavy atom. The molecule has 0 saturated carbocycles. The number of nitrogens with one attached hydrogen (secondary N) is 1. The SMILES string of the molecule is CC[C@@H](NC(=O)N1CCc2ccccc21)C(=O)O. The van der Waals surface area contributed by atoms with Crippen LogP contribution >= 0.6 is 0 Å². The Morgan fingerprint density at radius 3 is 2.83 bits per heavy atom. The van der Waals surface area contributed by atoms with E-state index in [4.69, 9.17) is 5.11 Å². The minimum Gasteiger partial charge on any atom is -0.480 e. The first-order chi connectivity index (χ1) is 8.63. The van der Waals surface area contributed by atoms with E-state index in [1.807, 2.05) is 24.3 Å². The van der Waals surface area contributed by atoms with E-state index in [1.54, 1.807) is 11.8 Å². The zero-order valence-electron chi connectivity index (χ0n) is 10.2. The number of carboxylic acid groups (broad SMARTS) is 1. The smallest absolute Gasteiger partial charge is 0.326 e. The lowest BCUT2D eigenvalue weighted by Gasteiger charge is -2.20. The number of hydrogen-bond donors (Lipinski definition) is 2. The molecule has 0 radical (unpaired) electrons. The number of benzene rings is 1. The van der Waals surface area contributed by atoms with E-state index in [0.29, 0.717) is 13.0 Å². The van der Waals surface area contributed by atoms with Gasteiger partial charge >= 0.3 is 12.0 Å². The molecule has 1 aromatic rings. The van der Waals surface area contributed by atoms with E-state index >= 15 is 0 Å². The Hall–Kier alpha value is -2.04. The Balaban J connectivity index is 2.10. The summed E-state index contributed by atoms with van der Waals surface area (Å²) in [4.78, 5) is 24.5. The molecular weight excluding hydrogens is 232 g/mol. The number of para-hydroxylation sites is 1. The number of urea groups is 1. The van der Waals surface area contributed by atoms with Gasteiger partial charge in [-0.2, -0.15) is 0 Å². The number of carboxylic acids is 1. The summed E-state index contributed by atoms with van der Waals surface area (Å²) in [6.45, 7) is 2.33. The van der Waals surface area contributed by atoms with Crippen molar-refractivity contribution in [2.45, 2.75) is 25.8 Å². The summed E-state index contributed by atoms with van der Waals surface area (Å²) in [7, 11) is 0. The molecule has 0 spiro atoms. The standard InChI is InChI=1S/C13H16N2O3/c1-2-10(12(16)17)14-13(18)15-8-7-9-5-3-4-6-11(9)15/h3-6,10H,2,7-8H2,1H3,(H,14,18)(H,16,17)/t10-/m1/s1. The van der Waals surface area contributed by atoms with Crippen molar-refractivity contribution in [3.05, 3.63) is 29.8 Å². The molecule has 5 heteroatoms. The topological polar surface area (TPSA) is 69.6 Å². The Bertz CT molecular complexity index is 473. The van der Waals surface area contributed by atoms with Gasteiger partial charge in [0.05, 0.1) is 0 Å². The van der Waals surface area contributed by atoms with Gasteiger partial charge in [0.1, 0.15) is 6.04 Å². The molecule has 2 amide bonds. The van der Waals surface area contributed by atoms with Gasteiger partial charge in [0, 0.05) is 12.2 Å². The van der Waals surface area contributed by atoms with Gasteiger partial charge in [0.15, 0.2) is 0 Å². The van der Waals surface area contributed by atoms with Crippen LogP contribution in [0.5, 0.6) is 0 Å². The van der Waals surface area contributed by atoms with Crippen LogP contribution in [0, 0.1) is 0 Å². The van der Waals surface area contributed by atoms with Crippen LogP contribution in [-0.4, -0.2) is 29.7 Å². The molecule has 96 valence electrons. The predicted octanol–water partition coefficient (Wildman–Crippen LogP) is 1.62. The zero-order chi connectivity index (χ0) is 13.1. The lowest BCUT2D eigenvalue weighted by Crippen LogP contribution is -2.47. The first kappa shape index (κ1) is 12.4. The molecule has 0 aliphatic carbocycles. The first-order valence-corrected chi connectivity index (χ1v) is 6.02. The van der Waals surface area contributed by atoms with E-state index in [0.717, 1.165) is 17.7 Å². The molecule has 2 rings (SSSR count). The van der Waals surface area contributed by atoms with Crippen molar-refractivity contribution in [1.82, 2.24) is 5.32 Å². The van der Waals surface area contributed by atoms with Crippen LogP contribution in [0.25, 0.3) is 0 Å². The molecule has 18 heavy (non-hydrogen) atoms. The monoisotopic (exact) mass is 248 g/mol. The highest BCUT2D eigenvalue weighted by atomic mass is 16.4. The predicted molar refractivity (Wildman–Crippen MR) is 67.7 cm³/mol. The minimum atomic E-state index is -1.00. The van der Waals surface area contributed by atoms with Crippen molar-refractivity contribution < 1.29 is 14.7 Å². The van der Waals surface area contributed by atoms with Crippen molar-refractivity contribution in [1.29, 1.82) is 0 Å². The summed E-state index contributed by atoms with van der Waals surface area (Å²) in [5.74, 6) is -1.00. The Kier molecular flexibility index (Phi) is 3.50. The fourth-order valence-corrected chi connectivity index (χ4v) is 2.11. The maximum atomic E-state index is 12.0. The number of aliphatic carboxylic acids is 1. The van der Waals surface area contributed by atoms with E-state index in [2.05, 4.69) is 5.32 Å². The van der Waals surface area contributed by atoms with Crippen molar-refractivity contribution in [2.24, 2.45) is 0 Å². The summed E-state index contributed by atoms with van der Waals surface area (Å²) < 4.78 is 0. The maximum absolute atomic E-state index is 12.0. The van der Waals surface area contributed by atoms with Gasteiger partial charge in [-0.3, -0.25) is 4.90 Å². The van der Waals surface area contributed by atoms with Gasteiger partial charge in [0.25, 0.3) is 0 Å². The van der Waals surface area contributed by atoms with Crippen LogP contribution in [0.4, 0.5) is 10.5 Å². The number of nitrogens with zero attached hydrogens (tertiary/aromatic N) is 1. The molecule has 5 nitrogen and oxygen atoms in total. The normalized spacial score (nSPS) is 15.1. The molecule has 1 aromatic carbocycles. The highest BCUT2D eigenvalue weighted by Crippen LogP contribution is 2.27. The molecule has 1 aliphatic heterocycles. The number of anilines is 1. The number of hydrogen-bond acceptors (Lipinski definition) is 2. The van der Waals surface area contributed by atoms with Crippen LogP contribution in [0.3, 0.4) is 0 Å². The van der Waals surface area contributed by atoms with E-state index < -0.39 is 12.0 Å². The Morgan fingerprint density at radius 1 is 1.44 bits per heavy atom. The summed E-state index contributed by atoms with van der Waals surface area (Å²) in [5, 5.41) is 11.5. The van der Waals surface area contributed by atoms with Crippen molar-refractivity contribution in [2.75, 3.05) is 11.4 Å². The molecule has 0 bridgehead atoms. The zero-order valence-corrected chi connectivity index (χ0v) is 10.2. The van der Waals surface area contributed by atoms with E-state index in [-0.39, 0.29) is 6.03 Å². The largest absolute Gasteiger partial charge is 0.480 e. The average molecular weight is 248 g/mol. The maximum Gasteiger partial charge on any atom is 0.326 e. The highest BCUT2D eigenvalue weighted by Gasteiger charge is 2.27. The average Bonchev–Trinajstić information content (AvgIpc) is 2.79. The first-order valence-electron chi connectivity index (χ1n) is 6.02. The van der Waals surface area contributed by atoms with Gasteiger partial charge in [-0.15, -0.1) is 0 Å². The lowest BCUT2D eigenvalue weighted by molar-refractivity contribution is -0.139. The van der Waals surface area contributed by atoms with Gasteiger partial charge in [0.2, 0.25) is 0 Å². The summed E-state index contributed by atoms with van der Waals surface area (Å²) >= 11 is 0. The van der Waals surface area contributed by atoms with Crippen LogP contribution in [0.1, 0.15) is 18.9 Å². The Labute approximate surface area is 105 Å². The van der Waals surface area contributed by atoms with E-state index in [9.17, 15) is 9.59 Å². The van der Waals surface area contributed by atoms with Gasteiger partial charge in [-0.1, -0.05) is 25.1 Å². The van der Waals surface area contributed by atoms with Crippen molar-refractivity contribution in [3.63, 3.8) is 0 Å². The molecule has 0 fully saturated rings. The second kappa shape index (κ2) is 5.08. The third-order valence-electron chi connectivity index (χ3n) is 3.14. The lowest BCUT2D eigenvalue weighted by atomic mass is 10.2. The summed E-state index contributed by atoms with van der Waals surface area (Å²) in [6.07, 6.45) is 1.18. The number of amides is 2. The molecule has 1 heterocycles. The van der Waals surface area contributed by atoms with Crippen LogP contribution in [-0.2, 0) is 11.2 Å². The van der Waals surface area contributed by atoms with Crippen molar-refractivity contribution in [3.8, 4) is 0 Å². The van der Waals surface area contributed by atoms with Crippen LogP contribution < -0.4 is 10.2 Å². The minimum absolute atomic E-state index is 0.339. The second-order valence-corrected chi connectivity index (χ2v) is 4.28. The molecular formula is C13H16N2O3. The number of carbonyl (C=O) groups is 2. The number of fused-ring (bicyclic) bond motifs is 1. The highest BCUT2D eigenvalue weighted by molar-refractivity contribution is 5.96. The molecule has 0 unspecified atom stereocenters. The van der Waals surface area contributed by atoms with E-state index in [1.165, 1.54) is 0 Å². The van der Waals surface area contributed by atoms with Crippen LogP contribution in [0.15, 0.2) is 24.3 Å². The summed E-state index contributed by atoms with van der Waals surface area (Å²) in [5.41, 5.74) is 1.99. The third-order valence-corrected chi connectivity index (χ3v) is 3.14. The quantitative estimate of drug-likeness (QED) is 0.854. The number of carbonyl (C=O) groups excluding carboxylic acids is 1. The van der Waals surface area contributed by atoms with Gasteiger partial charge in [-0.05, 0) is 24.5 Å². The third kappa shape index (κ3) is 2.30.